The fraction of sp³-hybridized carbons (Fsp3) is 0.174. The Morgan fingerprint density at radius 1 is 0.889 bits per heavy atom. The summed E-state index contributed by atoms with van der Waals surface area (Å²) in [5.74, 6) is 2.83. The number of hydrogen-bond donors (Lipinski definition) is 0. The molecule has 0 amide bonds. The molecule has 0 aliphatic carbocycles. The minimum atomic E-state index is 0.617. The van der Waals surface area contributed by atoms with E-state index in [1.165, 1.54) is 10.5 Å². The Bertz CT molecular complexity index is 1010. The van der Waals surface area contributed by atoms with E-state index < -0.39 is 0 Å². The molecule has 0 N–H and O–H groups in total. The molecule has 4 aromatic rings. The van der Waals surface area contributed by atoms with Gasteiger partial charge in [0.15, 0.2) is 0 Å². The van der Waals surface area contributed by atoms with Gasteiger partial charge in [-0.1, -0.05) is 48.0 Å². The highest BCUT2D eigenvalue weighted by Crippen LogP contribution is 2.25. The highest BCUT2D eigenvalue weighted by molar-refractivity contribution is 7.98. The molecule has 1 heterocycles. The molecular formula is C23H22N2OS. The molecule has 0 radical (unpaired) electrons. The van der Waals surface area contributed by atoms with Gasteiger partial charge in [-0.25, -0.2) is 4.98 Å². The van der Waals surface area contributed by atoms with E-state index in [1.807, 2.05) is 36.0 Å². The molecule has 0 unspecified atom stereocenters. The number of hydrogen-bond acceptors (Lipinski definition) is 3. The lowest BCUT2D eigenvalue weighted by Gasteiger charge is -2.11. The minimum Gasteiger partial charge on any atom is -0.492 e. The first-order valence-electron chi connectivity index (χ1n) is 9.11. The van der Waals surface area contributed by atoms with E-state index in [0.29, 0.717) is 6.61 Å². The summed E-state index contributed by atoms with van der Waals surface area (Å²) in [4.78, 5) is 6.11. The third-order valence-electron chi connectivity index (χ3n) is 4.45. The molecule has 3 nitrogen and oxygen atoms in total. The Morgan fingerprint density at radius 2 is 1.63 bits per heavy atom. The van der Waals surface area contributed by atoms with Crippen LogP contribution in [0.2, 0.25) is 0 Å². The zero-order valence-electron chi connectivity index (χ0n) is 15.3. The number of aromatic nitrogens is 2. The van der Waals surface area contributed by atoms with Crippen LogP contribution in [0, 0.1) is 6.92 Å². The van der Waals surface area contributed by atoms with Crippen LogP contribution in [0.3, 0.4) is 0 Å². The summed E-state index contributed by atoms with van der Waals surface area (Å²) in [6.45, 7) is 3.48. The number of rotatable bonds is 7. The van der Waals surface area contributed by atoms with Crippen LogP contribution in [0.15, 0.2) is 83.8 Å². The number of fused-ring (bicyclic) bond motifs is 1. The summed E-state index contributed by atoms with van der Waals surface area (Å²) in [5, 5.41) is 0. The number of aryl methyl sites for hydroxylation is 1. The molecule has 4 rings (SSSR count). The van der Waals surface area contributed by atoms with E-state index in [0.717, 1.165) is 34.9 Å². The molecule has 27 heavy (non-hydrogen) atoms. The quantitative estimate of drug-likeness (QED) is 0.387. The molecule has 0 fully saturated rings. The lowest BCUT2D eigenvalue weighted by molar-refractivity contribution is 0.299. The van der Waals surface area contributed by atoms with Gasteiger partial charge in [-0.15, -0.1) is 11.8 Å². The maximum absolute atomic E-state index is 5.95. The largest absolute Gasteiger partial charge is 0.492 e. The van der Waals surface area contributed by atoms with Crippen molar-refractivity contribution >= 4 is 22.8 Å². The summed E-state index contributed by atoms with van der Waals surface area (Å²) < 4.78 is 8.22. The summed E-state index contributed by atoms with van der Waals surface area (Å²) in [5.41, 5.74) is 3.44. The third kappa shape index (κ3) is 4.34. The molecule has 1 aromatic heterocycles. The van der Waals surface area contributed by atoms with Crippen molar-refractivity contribution in [3.63, 3.8) is 0 Å². The fourth-order valence-electron chi connectivity index (χ4n) is 3.04. The zero-order chi connectivity index (χ0) is 18.5. The normalized spacial score (nSPS) is 11.0. The topological polar surface area (TPSA) is 27.1 Å². The monoisotopic (exact) mass is 374 g/mol. The van der Waals surface area contributed by atoms with Crippen molar-refractivity contribution in [3.05, 3.63) is 90.3 Å². The van der Waals surface area contributed by atoms with Gasteiger partial charge in [0, 0.05) is 4.90 Å². The predicted molar refractivity (Wildman–Crippen MR) is 112 cm³/mol. The van der Waals surface area contributed by atoms with Crippen LogP contribution in [-0.4, -0.2) is 16.2 Å². The van der Waals surface area contributed by atoms with Crippen LogP contribution in [0.25, 0.3) is 11.0 Å². The Kier molecular flexibility index (Phi) is 5.45. The van der Waals surface area contributed by atoms with Crippen molar-refractivity contribution in [1.29, 1.82) is 0 Å². The summed E-state index contributed by atoms with van der Waals surface area (Å²) >= 11 is 1.81. The second-order valence-electron chi connectivity index (χ2n) is 6.43. The SMILES string of the molecule is Cc1ccc(OCCn2c(CSc3ccccc3)nc3ccccc32)cc1. The van der Waals surface area contributed by atoms with Crippen molar-refractivity contribution in [3.8, 4) is 5.75 Å². The van der Waals surface area contributed by atoms with Gasteiger partial charge in [-0.2, -0.15) is 0 Å². The number of ether oxygens (including phenoxy) is 1. The molecule has 0 saturated carbocycles. The Hall–Kier alpha value is -2.72. The van der Waals surface area contributed by atoms with E-state index in [-0.39, 0.29) is 0 Å². The summed E-state index contributed by atoms with van der Waals surface area (Å²) in [6, 6.07) is 27.0. The molecule has 0 atom stereocenters. The van der Waals surface area contributed by atoms with Gasteiger partial charge in [-0.05, 0) is 43.3 Å². The molecule has 4 heteroatoms. The van der Waals surface area contributed by atoms with Crippen LogP contribution in [-0.2, 0) is 12.3 Å². The van der Waals surface area contributed by atoms with Crippen LogP contribution < -0.4 is 4.74 Å². The van der Waals surface area contributed by atoms with Crippen LogP contribution in [0.4, 0.5) is 0 Å². The van der Waals surface area contributed by atoms with E-state index >= 15 is 0 Å². The standard InChI is InChI=1S/C23H22N2OS/c1-18-11-13-19(14-12-18)26-16-15-25-22-10-6-5-9-21(22)24-23(25)17-27-20-7-3-2-4-8-20/h2-14H,15-17H2,1H3. The van der Waals surface area contributed by atoms with Crippen LogP contribution in [0.5, 0.6) is 5.75 Å². The highest BCUT2D eigenvalue weighted by atomic mass is 32.2. The van der Waals surface area contributed by atoms with Crippen LogP contribution in [0.1, 0.15) is 11.4 Å². The van der Waals surface area contributed by atoms with Gasteiger partial charge >= 0.3 is 0 Å². The summed E-state index contributed by atoms with van der Waals surface area (Å²) in [6.07, 6.45) is 0. The molecule has 0 bridgehead atoms. The second-order valence-corrected chi connectivity index (χ2v) is 7.48. The van der Waals surface area contributed by atoms with Gasteiger partial charge in [0.2, 0.25) is 0 Å². The average molecular weight is 375 g/mol. The second kappa shape index (κ2) is 8.31. The molecular weight excluding hydrogens is 352 g/mol. The van der Waals surface area contributed by atoms with Crippen molar-refractivity contribution in [2.75, 3.05) is 6.61 Å². The maximum atomic E-state index is 5.95. The van der Waals surface area contributed by atoms with Gasteiger partial charge in [0.05, 0.1) is 23.3 Å². The molecule has 0 aliphatic rings. The molecule has 0 saturated heterocycles. The average Bonchev–Trinajstić information content (AvgIpc) is 3.06. The van der Waals surface area contributed by atoms with Crippen molar-refractivity contribution in [2.45, 2.75) is 24.1 Å². The van der Waals surface area contributed by atoms with Crippen molar-refractivity contribution in [1.82, 2.24) is 9.55 Å². The maximum Gasteiger partial charge on any atom is 0.120 e. The lowest BCUT2D eigenvalue weighted by Crippen LogP contribution is -2.10. The van der Waals surface area contributed by atoms with Gasteiger partial charge in [-0.3, -0.25) is 0 Å². The van der Waals surface area contributed by atoms with E-state index in [4.69, 9.17) is 9.72 Å². The first-order chi connectivity index (χ1) is 13.3. The van der Waals surface area contributed by atoms with Gasteiger partial charge in [0.25, 0.3) is 0 Å². The van der Waals surface area contributed by atoms with E-state index in [2.05, 4.69) is 66.1 Å². The molecule has 136 valence electrons. The minimum absolute atomic E-state index is 0.617. The summed E-state index contributed by atoms with van der Waals surface area (Å²) in [7, 11) is 0. The Balaban J connectivity index is 1.50. The Morgan fingerprint density at radius 3 is 2.44 bits per heavy atom. The number of benzene rings is 3. The first-order valence-corrected chi connectivity index (χ1v) is 10.1. The Labute approximate surface area is 164 Å². The van der Waals surface area contributed by atoms with E-state index in [9.17, 15) is 0 Å². The fourth-order valence-corrected chi connectivity index (χ4v) is 3.90. The van der Waals surface area contributed by atoms with Crippen molar-refractivity contribution < 1.29 is 4.74 Å². The number of thioether (sulfide) groups is 1. The number of imidazole rings is 1. The molecule has 3 aromatic carbocycles. The molecule has 0 spiro atoms. The third-order valence-corrected chi connectivity index (χ3v) is 5.46. The van der Waals surface area contributed by atoms with Gasteiger partial charge < -0.3 is 9.30 Å². The van der Waals surface area contributed by atoms with Crippen molar-refractivity contribution in [2.24, 2.45) is 0 Å². The number of para-hydroxylation sites is 2. The lowest BCUT2D eigenvalue weighted by atomic mass is 10.2. The predicted octanol–water partition coefficient (Wildman–Crippen LogP) is 5.72. The molecule has 0 aliphatic heterocycles. The van der Waals surface area contributed by atoms with Gasteiger partial charge in [0.1, 0.15) is 18.2 Å². The smallest absolute Gasteiger partial charge is 0.120 e. The number of nitrogens with zero attached hydrogens (tertiary/aromatic N) is 2. The van der Waals surface area contributed by atoms with Crippen LogP contribution >= 0.6 is 11.8 Å². The van der Waals surface area contributed by atoms with E-state index in [1.54, 1.807) is 0 Å². The first kappa shape index (κ1) is 17.7. The zero-order valence-corrected chi connectivity index (χ0v) is 16.2. The highest BCUT2D eigenvalue weighted by Gasteiger charge is 2.11.